The van der Waals surface area contributed by atoms with Crippen molar-refractivity contribution < 1.29 is 9.47 Å². The quantitative estimate of drug-likeness (QED) is 0.641. The molecule has 84 valence electrons. The van der Waals surface area contributed by atoms with Crippen molar-refractivity contribution in [1.82, 2.24) is 0 Å². The van der Waals surface area contributed by atoms with Crippen LogP contribution in [0.15, 0.2) is 24.3 Å². The molecule has 0 fully saturated rings. The van der Waals surface area contributed by atoms with Crippen LogP contribution in [0.25, 0.3) is 0 Å². The van der Waals surface area contributed by atoms with Gasteiger partial charge in [-0.05, 0) is 25.3 Å². The van der Waals surface area contributed by atoms with E-state index in [2.05, 4.69) is 31.2 Å². The average molecular weight is 208 g/mol. The molecule has 0 unspecified atom stereocenters. The van der Waals surface area contributed by atoms with E-state index in [1.807, 2.05) is 0 Å². The van der Waals surface area contributed by atoms with Crippen molar-refractivity contribution in [3.63, 3.8) is 0 Å². The van der Waals surface area contributed by atoms with E-state index >= 15 is 0 Å². The first kappa shape index (κ1) is 12.2. The number of aryl methyl sites for hydroxylation is 1. The molecule has 0 aromatic heterocycles. The van der Waals surface area contributed by atoms with Crippen molar-refractivity contribution in [3.05, 3.63) is 35.4 Å². The third kappa shape index (κ3) is 5.55. The Bertz CT molecular complexity index is 254. The van der Waals surface area contributed by atoms with Crippen LogP contribution in [0.3, 0.4) is 0 Å². The third-order valence-corrected chi connectivity index (χ3v) is 2.28. The smallest absolute Gasteiger partial charge is 0.0716 e. The van der Waals surface area contributed by atoms with Gasteiger partial charge in [0.05, 0.1) is 6.61 Å². The summed E-state index contributed by atoms with van der Waals surface area (Å²) >= 11 is 0. The summed E-state index contributed by atoms with van der Waals surface area (Å²) in [7, 11) is 1.73. The number of hydrogen-bond acceptors (Lipinski definition) is 2. The highest BCUT2D eigenvalue weighted by atomic mass is 16.5. The largest absolute Gasteiger partial charge is 0.385 e. The Morgan fingerprint density at radius 1 is 1.00 bits per heavy atom. The van der Waals surface area contributed by atoms with Crippen molar-refractivity contribution in [2.45, 2.75) is 26.4 Å². The lowest BCUT2D eigenvalue weighted by atomic mass is 10.2. The molecule has 0 atom stereocenters. The van der Waals surface area contributed by atoms with E-state index in [0.29, 0.717) is 6.61 Å². The van der Waals surface area contributed by atoms with Crippen molar-refractivity contribution in [1.29, 1.82) is 0 Å². The second-order valence-electron chi connectivity index (χ2n) is 3.74. The Morgan fingerprint density at radius 3 is 2.33 bits per heavy atom. The Kier molecular flexibility index (Phi) is 6.05. The van der Waals surface area contributed by atoms with E-state index in [1.54, 1.807) is 7.11 Å². The second-order valence-corrected chi connectivity index (χ2v) is 3.74. The zero-order valence-corrected chi connectivity index (χ0v) is 9.66. The number of hydrogen-bond donors (Lipinski definition) is 0. The summed E-state index contributed by atoms with van der Waals surface area (Å²) in [5.74, 6) is 0. The highest BCUT2D eigenvalue weighted by Crippen LogP contribution is 2.04. The highest BCUT2D eigenvalue weighted by molar-refractivity contribution is 5.20. The molecule has 0 aliphatic heterocycles. The summed E-state index contributed by atoms with van der Waals surface area (Å²) in [6, 6.07) is 8.46. The van der Waals surface area contributed by atoms with Crippen LogP contribution in [0.5, 0.6) is 0 Å². The minimum absolute atomic E-state index is 0.716. The van der Waals surface area contributed by atoms with Gasteiger partial charge in [-0.3, -0.25) is 0 Å². The van der Waals surface area contributed by atoms with Crippen LogP contribution in [0.2, 0.25) is 0 Å². The van der Waals surface area contributed by atoms with Gasteiger partial charge >= 0.3 is 0 Å². The molecule has 1 rings (SSSR count). The fourth-order valence-electron chi connectivity index (χ4n) is 1.32. The Labute approximate surface area is 92.2 Å². The van der Waals surface area contributed by atoms with Gasteiger partial charge in [-0.25, -0.2) is 0 Å². The molecule has 0 saturated carbocycles. The Balaban J connectivity index is 2.07. The maximum Gasteiger partial charge on any atom is 0.0716 e. The fourth-order valence-corrected chi connectivity index (χ4v) is 1.32. The first-order valence-electron chi connectivity index (χ1n) is 5.45. The van der Waals surface area contributed by atoms with Gasteiger partial charge in [0.1, 0.15) is 0 Å². The SMILES string of the molecule is COCCCCOCc1ccc(C)cc1. The van der Waals surface area contributed by atoms with Crippen LogP contribution >= 0.6 is 0 Å². The molecule has 0 bridgehead atoms. The van der Waals surface area contributed by atoms with Crippen LogP contribution in [-0.4, -0.2) is 20.3 Å². The molecule has 1 aromatic rings. The Hall–Kier alpha value is -0.860. The van der Waals surface area contributed by atoms with Crippen molar-refractivity contribution in [2.75, 3.05) is 20.3 Å². The monoisotopic (exact) mass is 208 g/mol. The first-order valence-corrected chi connectivity index (χ1v) is 5.45. The molecule has 1 aromatic carbocycles. The normalized spacial score (nSPS) is 10.5. The van der Waals surface area contributed by atoms with Gasteiger partial charge in [-0.2, -0.15) is 0 Å². The van der Waals surface area contributed by atoms with Gasteiger partial charge in [-0.1, -0.05) is 29.8 Å². The summed E-state index contributed by atoms with van der Waals surface area (Å²) in [5.41, 5.74) is 2.53. The van der Waals surface area contributed by atoms with Crippen molar-refractivity contribution in [3.8, 4) is 0 Å². The zero-order valence-electron chi connectivity index (χ0n) is 9.66. The maximum absolute atomic E-state index is 5.55. The lowest BCUT2D eigenvalue weighted by Gasteiger charge is -2.04. The van der Waals surface area contributed by atoms with Crippen LogP contribution in [0.4, 0.5) is 0 Å². The molecule has 0 amide bonds. The molecule has 0 spiro atoms. The molecule has 0 aliphatic rings. The minimum Gasteiger partial charge on any atom is -0.385 e. The van der Waals surface area contributed by atoms with E-state index < -0.39 is 0 Å². The zero-order chi connectivity index (χ0) is 10.9. The lowest BCUT2D eigenvalue weighted by Crippen LogP contribution is -1.97. The molecule has 2 nitrogen and oxygen atoms in total. The summed E-state index contributed by atoms with van der Waals surface area (Å²) in [4.78, 5) is 0. The minimum atomic E-state index is 0.716. The molecule has 0 heterocycles. The predicted octanol–water partition coefficient (Wildman–Crippen LogP) is 2.94. The van der Waals surface area contributed by atoms with E-state index in [-0.39, 0.29) is 0 Å². The van der Waals surface area contributed by atoms with Gasteiger partial charge in [0, 0.05) is 20.3 Å². The molecule has 0 saturated heterocycles. The first-order chi connectivity index (χ1) is 7.33. The number of unbranched alkanes of at least 4 members (excludes halogenated alkanes) is 1. The van der Waals surface area contributed by atoms with E-state index in [1.165, 1.54) is 11.1 Å². The molecule has 15 heavy (non-hydrogen) atoms. The van der Waals surface area contributed by atoms with Crippen molar-refractivity contribution in [2.24, 2.45) is 0 Å². The van der Waals surface area contributed by atoms with Gasteiger partial charge in [0.25, 0.3) is 0 Å². The molecular formula is C13H20O2. The Morgan fingerprint density at radius 2 is 1.67 bits per heavy atom. The fraction of sp³-hybridized carbons (Fsp3) is 0.538. The highest BCUT2D eigenvalue weighted by Gasteiger charge is 1.93. The predicted molar refractivity (Wildman–Crippen MR) is 61.9 cm³/mol. The maximum atomic E-state index is 5.55. The van der Waals surface area contributed by atoms with Crippen LogP contribution in [0.1, 0.15) is 24.0 Å². The number of benzene rings is 1. The standard InChI is InChI=1S/C13H20O2/c1-12-5-7-13(8-6-12)11-15-10-4-3-9-14-2/h5-8H,3-4,9-11H2,1-2H3. The summed E-state index contributed by atoms with van der Waals surface area (Å²) in [5, 5.41) is 0. The van der Waals surface area contributed by atoms with Crippen molar-refractivity contribution >= 4 is 0 Å². The molecular weight excluding hydrogens is 188 g/mol. The molecule has 0 radical (unpaired) electrons. The average Bonchev–Trinajstić information content (AvgIpc) is 2.26. The summed E-state index contributed by atoms with van der Waals surface area (Å²) in [6.07, 6.45) is 2.14. The van der Waals surface area contributed by atoms with Crippen LogP contribution < -0.4 is 0 Å². The van der Waals surface area contributed by atoms with Gasteiger partial charge in [-0.15, -0.1) is 0 Å². The van der Waals surface area contributed by atoms with E-state index in [4.69, 9.17) is 9.47 Å². The third-order valence-electron chi connectivity index (χ3n) is 2.28. The second kappa shape index (κ2) is 7.43. The van der Waals surface area contributed by atoms with Gasteiger partial charge < -0.3 is 9.47 Å². The van der Waals surface area contributed by atoms with E-state index in [0.717, 1.165) is 26.1 Å². The molecule has 2 heteroatoms. The van der Waals surface area contributed by atoms with Gasteiger partial charge in [0.2, 0.25) is 0 Å². The van der Waals surface area contributed by atoms with E-state index in [9.17, 15) is 0 Å². The number of ether oxygens (including phenoxy) is 2. The van der Waals surface area contributed by atoms with Crippen LogP contribution in [-0.2, 0) is 16.1 Å². The molecule has 0 aliphatic carbocycles. The topological polar surface area (TPSA) is 18.5 Å². The lowest BCUT2D eigenvalue weighted by molar-refractivity contribution is 0.108. The van der Waals surface area contributed by atoms with Crippen LogP contribution in [0, 0.1) is 6.92 Å². The van der Waals surface area contributed by atoms with Gasteiger partial charge in [0.15, 0.2) is 0 Å². The summed E-state index contributed by atoms with van der Waals surface area (Å²) < 4.78 is 10.5. The molecule has 0 N–H and O–H groups in total. The summed E-state index contributed by atoms with van der Waals surface area (Å²) in [6.45, 7) is 4.45. The number of rotatable bonds is 7. The number of methoxy groups -OCH3 is 1.